The van der Waals surface area contributed by atoms with Crippen molar-refractivity contribution in [3.63, 3.8) is 0 Å². The summed E-state index contributed by atoms with van der Waals surface area (Å²) in [6.45, 7) is 1.26. The number of rotatable bonds is 7. The first kappa shape index (κ1) is 23.8. The van der Waals surface area contributed by atoms with Gasteiger partial charge >= 0.3 is 12.4 Å². The predicted molar refractivity (Wildman–Crippen MR) is 117 cm³/mol. The Balaban J connectivity index is 1.56. The van der Waals surface area contributed by atoms with E-state index in [4.69, 9.17) is 5.26 Å². The highest BCUT2D eigenvalue weighted by Crippen LogP contribution is 2.32. The van der Waals surface area contributed by atoms with Gasteiger partial charge in [-0.05, 0) is 30.7 Å². The maximum Gasteiger partial charge on any atom is 0.573 e. The number of hydrogen-bond acceptors (Lipinski definition) is 5. The minimum atomic E-state index is -4.86. The van der Waals surface area contributed by atoms with Crippen molar-refractivity contribution >= 4 is 28.6 Å². The quantitative estimate of drug-likeness (QED) is 0.402. The molecule has 0 bridgehead atoms. The van der Waals surface area contributed by atoms with Gasteiger partial charge in [0, 0.05) is 29.2 Å². The number of Topliss-reactive ketones (excluding diaryl/α,β-unsaturated/α-hetero) is 1. The van der Waals surface area contributed by atoms with Crippen LogP contribution in [0.5, 0.6) is 5.75 Å². The second-order valence-corrected chi connectivity index (χ2v) is 8.10. The Bertz CT molecular complexity index is 1360. The fourth-order valence-electron chi connectivity index (χ4n) is 4.08. The number of carbonyl (C=O) groups is 3. The molecule has 1 saturated heterocycles. The SMILES string of the molecule is CC1(c2ccc(OC(F)(F)F)cc2)NC(=O)N(CC(=O)c2cn(CCC#N)c3ccccc23)C1=O. The van der Waals surface area contributed by atoms with E-state index in [1.54, 1.807) is 35.0 Å². The fraction of sp³-hybridized carbons (Fsp3) is 0.250. The van der Waals surface area contributed by atoms with Crippen molar-refractivity contribution in [3.05, 3.63) is 65.9 Å². The number of amides is 3. The number of alkyl halides is 3. The van der Waals surface area contributed by atoms with Gasteiger partial charge in [0.2, 0.25) is 0 Å². The minimum Gasteiger partial charge on any atom is -0.406 e. The summed E-state index contributed by atoms with van der Waals surface area (Å²) in [6, 6.07) is 12.9. The first-order chi connectivity index (χ1) is 16.5. The molecule has 180 valence electrons. The lowest BCUT2D eigenvalue weighted by Crippen LogP contribution is -2.41. The second kappa shape index (κ2) is 8.79. The van der Waals surface area contributed by atoms with Gasteiger partial charge in [-0.2, -0.15) is 5.26 Å². The molecule has 3 amide bonds. The Labute approximate surface area is 197 Å². The molecule has 0 spiro atoms. The summed E-state index contributed by atoms with van der Waals surface area (Å²) in [5.41, 5.74) is -0.293. The van der Waals surface area contributed by atoms with E-state index in [0.717, 1.165) is 22.5 Å². The van der Waals surface area contributed by atoms with Crippen LogP contribution in [0.4, 0.5) is 18.0 Å². The van der Waals surface area contributed by atoms with E-state index in [1.807, 2.05) is 0 Å². The Morgan fingerprint density at radius 1 is 1.14 bits per heavy atom. The standard InChI is InChI=1S/C24H19F3N4O4/c1-23(15-7-9-16(10-8-15)35-24(25,26)27)21(33)31(22(34)29-23)14-20(32)18-13-30(12-4-11-28)19-6-3-2-5-17(18)19/h2-3,5-10,13H,4,12,14H2,1H3,(H,29,34). The van der Waals surface area contributed by atoms with E-state index in [1.165, 1.54) is 19.1 Å². The molecule has 11 heteroatoms. The maximum atomic E-state index is 13.2. The van der Waals surface area contributed by atoms with Crippen molar-refractivity contribution < 1.29 is 32.3 Å². The van der Waals surface area contributed by atoms with Crippen molar-refractivity contribution in [1.29, 1.82) is 5.26 Å². The van der Waals surface area contributed by atoms with Gasteiger partial charge in [0.1, 0.15) is 11.3 Å². The van der Waals surface area contributed by atoms with Gasteiger partial charge in [-0.3, -0.25) is 14.5 Å². The van der Waals surface area contributed by atoms with Crippen molar-refractivity contribution in [2.45, 2.75) is 31.8 Å². The zero-order valence-electron chi connectivity index (χ0n) is 18.4. The predicted octanol–water partition coefficient (Wildman–Crippen LogP) is 4.10. The van der Waals surface area contributed by atoms with Crippen molar-refractivity contribution in [1.82, 2.24) is 14.8 Å². The lowest BCUT2D eigenvalue weighted by molar-refractivity contribution is -0.274. The Morgan fingerprint density at radius 3 is 2.49 bits per heavy atom. The highest BCUT2D eigenvalue weighted by Gasteiger charge is 2.49. The van der Waals surface area contributed by atoms with Crippen LogP contribution in [0.25, 0.3) is 10.9 Å². The minimum absolute atomic E-state index is 0.230. The molecule has 0 radical (unpaired) electrons. The molecular weight excluding hydrogens is 465 g/mol. The molecular formula is C24H19F3N4O4. The number of urea groups is 1. The third-order valence-corrected chi connectivity index (χ3v) is 5.80. The number of benzene rings is 2. The molecule has 1 atom stereocenters. The largest absolute Gasteiger partial charge is 0.573 e. The average molecular weight is 484 g/mol. The van der Waals surface area contributed by atoms with Gasteiger partial charge in [0.15, 0.2) is 5.78 Å². The number of halogens is 3. The van der Waals surface area contributed by atoms with E-state index in [-0.39, 0.29) is 12.0 Å². The molecule has 8 nitrogen and oxygen atoms in total. The number of para-hydroxylation sites is 1. The van der Waals surface area contributed by atoms with Gasteiger partial charge in [-0.1, -0.05) is 30.3 Å². The smallest absolute Gasteiger partial charge is 0.406 e. The van der Waals surface area contributed by atoms with Gasteiger partial charge in [-0.15, -0.1) is 13.2 Å². The summed E-state index contributed by atoms with van der Waals surface area (Å²) < 4.78 is 42.9. The molecule has 1 aromatic heterocycles. The van der Waals surface area contributed by atoms with E-state index < -0.39 is 41.9 Å². The Morgan fingerprint density at radius 2 is 1.83 bits per heavy atom. The summed E-state index contributed by atoms with van der Waals surface area (Å²) in [5, 5.41) is 12.0. The van der Waals surface area contributed by atoms with Gasteiger partial charge < -0.3 is 14.6 Å². The molecule has 35 heavy (non-hydrogen) atoms. The first-order valence-electron chi connectivity index (χ1n) is 10.5. The number of aryl methyl sites for hydroxylation is 1. The normalized spacial score (nSPS) is 18.0. The number of hydrogen-bond donors (Lipinski definition) is 1. The van der Waals surface area contributed by atoms with Crippen LogP contribution in [0.1, 0.15) is 29.3 Å². The number of nitriles is 1. The highest BCUT2D eigenvalue weighted by atomic mass is 19.4. The number of fused-ring (bicyclic) bond motifs is 1. The lowest BCUT2D eigenvalue weighted by Gasteiger charge is -2.22. The number of ketones is 1. The second-order valence-electron chi connectivity index (χ2n) is 8.10. The molecule has 1 aliphatic rings. The molecule has 3 aromatic rings. The summed E-state index contributed by atoms with van der Waals surface area (Å²) in [4.78, 5) is 39.7. The first-order valence-corrected chi connectivity index (χ1v) is 10.5. The third kappa shape index (κ3) is 4.55. The van der Waals surface area contributed by atoms with E-state index in [9.17, 15) is 27.6 Å². The van der Waals surface area contributed by atoms with Gasteiger partial charge in [0.25, 0.3) is 5.91 Å². The van der Waals surface area contributed by atoms with E-state index in [2.05, 4.69) is 16.1 Å². The molecule has 0 aliphatic carbocycles. The van der Waals surface area contributed by atoms with Crippen molar-refractivity contribution in [3.8, 4) is 11.8 Å². The van der Waals surface area contributed by atoms with Crippen LogP contribution < -0.4 is 10.1 Å². The van der Waals surface area contributed by atoms with Gasteiger partial charge in [-0.25, -0.2) is 4.79 Å². The van der Waals surface area contributed by atoms with Crippen LogP contribution >= 0.6 is 0 Å². The molecule has 0 saturated carbocycles. The van der Waals surface area contributed by atoms with Crippen LogP contribution in [0.2, 0.25) is 0 Å². The molecule has 1 fully saturated rings. The van der Waals surface area contributed by atoms with Crippen LogP contribution in [0.3, 0.4) is 0 Å². The average Bonchev–Trinajstić information content (AvgIpc) is 3.28. The number of nitrogens with zero attached hydrogens (tertiary/aromatic N) is 3. The molecule has 1 aliphatic heterocycles. The maximum absolute atomic E-state index is 13.2. The molecule has 1 N–H and O–H groups in total. The van der Waals surface area contributed by atoms with Crippen LogP contribution in [0.15, 0.2) is 54.7 Å². The van der Waals surface area contributed by atoms with E-state index >= 15 is 0 Å². The molecule has 2 aromatic carbocycles. The zero-order chi connectivity index (χ0) is 25.4. The van der Waals surface area contributed by atoms with Crippen molar-refractivity contribution in [2.24, 2.45) is 0 Å². The van der Waals surface area contributed by atoms with E-state index in [0.29, 0.717) is 17.5 Å². The van der Waals surface area contributed by atoms with Crippen LogP contribution in [-0.4, -0.2) is 40.1 Å². The number of ether oxygens (including phenoxy) is 1. The van der Waals surface area contributed by atoms with Crippen LogP contribution in [0, 0.1) is 11.3 Å². The van der Waals surface area contributed by atoms with Crippen molar-refractivity contribution in [2.75, 3.05) is 6.54 Å². The van der Waals surface area contributed by atoms with Gasteiger partial charge in [0.05, 0.1) is 19.0 Å². The highest BCUT2D eigenvalue weighted by molar-refractivity contribution is 6.14. The number of nitrogens with one attached hydrogen (secondary N) is 1. The number of imide groups is 1. The number of aromatic nitrogens is 1. The molecule has 4 rings (SSSR count). The number of carbonyl (C=O) groups excluding carboxylic acids is 3. The molecule has 2 heterocycles. The summed E-state index contributed by atoms with van der Waals surface area (Å²) >= 11 is 0. The Kier molecular flexibility index (Phi) is 5.98. The third-order valence-electron chi connectivity index (χ3n) is 5.80. The van der Waals surface area contributed by atoms with Crippen LogP contribution in [-0.2, 0) is 16.9 Å². The molecule has 1 unspecified atom stereocenters. The summed E-state index contributed by atoms with van der Waals surface area (Å²) in [5.74, 6) is -1.66. The summed E-state index contributed by atoms with van der Waals surface area (Å²) in [6.07, 6.45) is -3.02. The fourth-order valence-corrected chi connectivity index (χ4v) is 4.08. The lowest BCUT2D eigenvalue weighted by atomic mass is 9.92. The topological polar surface area (TPSA) is 104 Å². The summed E-state index contributed by atoms with van der Waals surface area (Å²) in [7, 11) is 0. The zero-order valence-corrected chi connectivity index (χ0v) is 18.4. The Hall–Kier alpha value is -4.33. The monoisotopic (exact) mass is 484 g/mol.